The van der Waals surface area contributed by atoms with Gasteiger partial charge in [-0.2, -0.15) is 5.10 Å². The summed E-state index contributed by atoms with van der Waals surface area (Å²) in [7, 11) is 0. The Labute approximate surface area is 101 Å². The second-order valence-corrected chi connectivity index (χ2v) is 5.36. The molecule has 1 aliphatic rings. The van der Waals surface area contributed by atoms with E-state index in [-0.39, 0.29) is 6.09 Å². The second-order valence-electron chi connectivity index (χ2n) is 5.36. The summed E-state index contributed by atoms with van der Waals surface area (Å²) in [6.07, 6.45) is 2.41. The van der Waals surface area contributed by atoms with Crippen molar-refractivity contribution in [3.05, 3.63) is 11.8 Å². The number of nitrogens with zero attached hydrogens (tertiary/aromatic N) is 3. The Morgan fingerprint density at radius 2 is 2.12 bits per heavy atom. The van der Waals surface area contributed by atoms with Crippen LogP contribution in [0.25, 0.3) is 0 Å². The molecule has 0 aromatic carbocycles. The molecule has 0 N–H and O–H groups in total. The van der Waals surface area contributed by atoms with Crippen LogP contribution in [0.2, 0.25) is 0 Å². The number of rotatable bonds is 0. The second kappa shape index (κ2) is 4.05. The van der Waals surface area contributed by atoms with E-state index in [0.717, 1.165) is 24.3 Å². The highest BCUT2D eigenvalue weighted by Crippen LogP contribution is 2.25. The maximum Gasteiger partial charge on any atom is 0.416 e. The maximum absolute atomic E-state index is 12.1. The quantitative estimate of drug-likeness (QED) is 0.695. The number of aromatic nitrogens is 2. The first kappa shape index (κ1) is 12.0. The highest BCUT2D eigenvalue weighted by Gasteiger charge is 2.29. The van der Waals surface area contributed by atoms with Crippen molar-refractivity contribution in [3.63, 3.8) is 0 Å². The molecule has 1 aliphatic heterocycles. The van der Waals surface area contributed by atoms with Gasteiger partial charge in [-0.15, -0.1) is 0 Å². The molecule has 0 radical (unpaired) electrons. The molecule has 0 fully saturated rings. The van der Waals surface area contributed by atoms with Gasteiger partial charge in [-0.3, -0.25) is 4.90 Å². The third-order valence-corrected chi connectivity index (χ3v) is 2.61. The van der Waals surface area contributed by atoms with Crippen LogP contribution in [0.15, 0.2) is 6.20 Å². The van der Waals surface area contributed by atoms with Gasteiger partial charge in [-0.25, -0.2) is 9.48 Å². The van der Waals surface area contributed by atoms with Crippen molar-refractivity contribution in [2.75, 3.05) is 11.4 Å². The third kappa shape index (κ3) is 2.43. The van der Waals surface area contributed by atoms with Crippen LogP contribution >= 0.6 is 0 Å². The molecular weight excluding hydrogens is 218 g/mol. The number of hydrogen-bond donors (Lipinski definition) is 0. The first-order chi connectivity index (χ1) is 7.88. The van der Waals surface area contributed by atoms with Crippen molar-refractivity contribution in [1.82, 2.24) is 9.78 Å². The van der Waals surface area contributed by atoms with Crippen molar-refractivity contribution >= 4 is 11.9 Å². The van der Waals surface area contributed by atoms with Crippen LogP contribution in [0.1, 0.15) is 32.8 Å². The number of hydrogen-bond acceptors (Lipinski definition) is 3. The average molecular weight is 237 g/mol. The Morgan fingerprint density at radius 1 is 1.41 bits per heavy atom. The Bertz CT molecular complexity index is 431. The molecule has 1 aromatic rings. The maximum atomic E-state index is 12.1. The lowest BCUT2D eigenvalue weighted by molar-refractivity contribution is 0.0572. The lowest BCUT2D eigenvalue weighted by Gasteiger charge is -2.30. The third-order valence-electron chi connectivity index (χ3n) is 2.61. The Balaban J connectivity index is 2.24. The molecule has 1 amide bonds. The van der Waals surface area contributed by atoms with E-state index in [0.29, 0.717) is 6.54 Å². The minimum absolute atomic E-state index is 0.290. The zero-order valence-electron chi connectivity index (χ0n) is 10.9. The molecule has 2 rings (SSSR count). The van der Waals surface area contributed by atoms with E-state index in [9.17, 15) is 4.79 Å². The van der Waals surface area contributed by atoms with Crippen LogP contribution in [0.4, 0.5) is 10.6 Å². The van der Waals surface area contributed by atoms with Gasteiger partial charge in [0.25, 0.3) is 0 Å². The van der Waals surface area contributed by atoms with Crippen molar-refractivity contribution in [2.24, 2.45) is 0 Å². The van der Waals surface area contributed by atoms with Crippen LogP contribution in [-0.2, 0) is 11.3 Å². The summed E-state index contributed by atoms with van der Waals surface area (Å²) < 4.78 is 7.27. The summed E-state index contributed by atoms with van der Waals surface area (Å²) >= 11 is 0. The zero-order valence-corrected chi connectivity index (χ0v) is 10.9. The molecule has 1 aromatic heterocycles. The SMILES string of the molecule is Cc1cnn2c1N(C(=O)OC(C)(C)C)CCC2. The van der Waals surface area contributed by atoms with E-state index in [4.69, 9.17) is 4.74 Å². The van der Waals surface area contributed by atoms with Gasteiger partial charge in [0.15, 0.2) is 0 Å². The summed E-state index contributed by atoms with van der Waals surface area (Å²) in [4.78, 5) is 13.8. The van der Waals surface area contributed by atoms with Crippen LogP contribution < -0.4 is 4.90 Å². The average Bonchev–Trinajstić information content (AvgIpc) is 2.58. The molecule has 0 bridgehead atoms. The van der Waals surface area contributed by atoms with E-state index >= 15 is 0 Å². The number of ether oxygens (including phenoxy) is 1. The first-order valence-corrected chi connectivity index (χ1v) is 5.91. The van der Waals surface area contributed by atoms with Crippen molar-refractivity contribution in [1.29, 1.82) is 0 Å². The normalized spacial score (nSPS) is 15.6. The Kier molecular flexibility index (Phi) is 2.85. The standard InChI is InChI=1S/C12H19N3O2/c1-9-8-13-15-7-5-6-14(10(9)15)11(16)17-12(2,3)4/h8H,5-7H2,1-4H3. The summed E-state index contributed by atoms with van der Waals surface area (Å²) in [6, 6.07) is 0. The predicted octanol–water partition coefficient (Wildman–Crippen LogP) is 2.34. The fraction of sp³-hybridized carbons (Fsp3) is 0.667. The van der Waals surface area contributed by atoms with E-state index in [2.05, 4.69) is 5.10 Å². The summed E-state index contributed by atoms with van der Waals surface area (Å²) in [5, 5.41) is 4.25. The van der Waals surface area contributed by atoms with Crippen LogP contribution in [-0.4, -0.2) is 28.0 Å². The van der Waals surface area contributed by atoms with E-state index in [1.54, 1.807) is 11.1 Å². The molecule has 0 saturated heterocycles. The zero-order chi connectivity index (χ0) is 12.6. The highest BCUT2D eigenvalue weighted by molar-refractivity contribution is 5.87. The van der Waals surface area contributed by atoms with Gasteiger partial charge in [-0.1, -0.05) is 0 Å². The van der Waals surface area contributed by atoms with E-state index in [1.807, 2.05) is 32.4 Å². The fourth-order valence-corrected chi connectivity index (χ4v) is 1.97. The smallest absolute Gasteiger partial charge is 0.416 e. The minimum Gasteiger partial charge on any atom is -0.443 e. The van der Waals surface area contributed by atoms with E-state index in [1.165, 1.54) is 0 Å². The highest BCUT2D eigenvalue weighted by atomic mass is 16.6. The van der Waals surface area contributed by atoms with Crippen LogP contribution in [0.5, 0.6) is 0 Å². The predicted molar refractivity (Wildman–Crippen MR) is 65.2 cm³/mol. The summed E-state index contributed by atoms with van der Waals surface area (Å²) in [5.74, 6) is 0.866. The largest absolute Gasteiger partial charge is 0.443 e. The number of carbonyl (C=O) groups excluding carboxylic acids is 1. The van der Waals surface area contributed by atoms with Gasteiger partial charge in [0.1, 0.15) is 11.4 Å². The molecule has 5 nitrogen and oxygen atoms in total. The van der Waals surface area contributed by atoms with Crippen molar-refractivity contribution in [3.8, 4) is 0 Å². The lowest BCUT2D eigenvalue weighted by atomic mass is 10.2. The molecule has 0 atom stereocenters. The first-order valence-electron chi connectivity index (χ1n) is 5.91. The van der Waals surface area contributed by atoms with E-state index < -0.39 is 5.60 Å². The minimum atomic E-state index is -0.465. The molecule has 2 heterocycles. The van der Waals surface area contributed by atoms with Gasteiger partial charge < -0.3 is 4.74 Å². The lowest BCUT2D eigenvalue weighted by Crippen LogP contribution is -2.41. The number of aryl methyl sites for hydroxylation is 2. The molecule has 0 saturated carbocycles. The topological polar surface area (TPSA) is 47.4 Å². The summed E-state index contributed by atoms with van der Waals surface area (Å²) in [5.41, 5.74) is 0.545. The number of amides is 1. The Hall–Kier alpha value is -1.52. The van der Waals surface area contributed by atoms with Crippen molar-refractivity contribution in [2.45, 2.75) is 46.3 Å². The number of anilines is 1. The number of carbonyl (C=O) groups is 1. The van der Waals surface area contributed by atoms with Crippen molar-refractivity contribution < 1.29 is 9.53 Å². The molecular formula is C12H19N3O2. The molecule has 0 aliphatic carbocycles. The monoisotopic (exact) mass is 237 g/mol. The van der Waals surface area contributed by atoms with Gasteiger partial charge >= 0.3 is 6.09 Å². The number of fused-ring (bicyclic) bond motifs is 1. The molecule has 5 heteroatoms. The molecule has 17 heavy (non-hydrogen) atoms. The van der Waals surface area contributed by atoms with Crippen LogP contribution in [0.3, 0.4) is 0 Å². The van der Waals surface area contributed by atoms with Gasteiger partial charge in [-0.05, 0) is 34.1 Å². The van der Waals surface area contributed by atoms with Gasteiger partial charge in [0.05, 0.1) is 6.20 Å². The summed E-state index contributed by atoms with van der Waals surface area (Å²) in [6.45, 7) is 9.14. The molecule has 0 unspecified atom stereocenters. The van der Waals surface area contributed by atoms with Crippen LogP contribution in [0, 0.1) is 6.92 Å². The Morgan fingerprint density at radius 3 is 2.76 bits per heavy atom. The molecule has 94 valence electrons. The van der Waals surface area contributed by atoms with Gasteiger partial charge in [0.2, 0.25) is 0 Å². The fourth-order valence-electron chi connectivity index (χ4n) is 1.97. The van der Waals surface area contributed by atoms with Gasteiger partial charge in [0, 0.05) is 18.7 Å². The molecule has 0 spiro atoms.